The third-order valence-corrected chi connectivity index (χ3v) is 4.60. The van der Waals surface area contributed by atoms with Crippen molar-refractivity contribution >= 4 is 0 Å². The highest BCUT2D eigenvalue weighted by Crippen LogP contribution is 2.42. The van der Waals surface area contributed by atoms with Gasteiger partial charge in [0.15, 0.2) is 0 Å². The van der Waals surface area contributed by atoms with Crippen LogP contribution in [0.25, 0.3) is 0 Å². The Morgan fingerprint density at radius 2 is 1.64 bits per heavy atom. The van der Waals surface area contributed by atoms with Crippen LogP contribution in [-0.2, 0) is 0 Å². The van der Waals surface area contributed by atoms with E-state index >= 15 is 0 Å². The van der Waals surface area contributed by atoms with Gasteiger partial charge in [0.2, 0.25) is 0 Å². The lowest BCUT2D eigenvalue weighted by Gasteiger charge is -2.27. The topological polar surface area (TPSA) is 0 Å². The van der Waals surface area contributed by atoms with E-state index in [0.29, 0.717) is 0 Å². The predicted molar refractivity (Wildman–Crippen MR) is 62.3 cm³/mol. The second-order valence-electron chi connectivity index (χ2n) is 5.63. The van der Waals surface area contributed by atoms with Crippen molar-refractivity contribution in [3.05, 3.63) is 0 Å². The summed E-state index contributed by atoms with van der Waals surface area (Å²) in [7, 11) is 0. The minimum atomic E-state index is 1.10. The van der Waals surface area contributed by atoms with E-state index in [1.165, 1.54) is 32.1 Å². The van der Waals surface area contributed by atoms with Gasteiger partial charge >= 0.3 is 0 Å². The molecule has 0 spiro atoms. The van der Waals surface area contributed by atoms with Gasteiger partial charge in [-0.25, -0.2) is 0 Å². The molecular formula is C14H26. The molecule has 0 radical (unpaired) electrons. The van der Waals surface area contributed by atoms with Gasteiger partial charge in [0, 0.05) is 0 Å². The average Bonchev–Trinajstić information content (AvgIpc) is 2.68. The molecule has 2 fully saturated rings. The molecule has 2 atom stereocenters. The highest BCUT2D eigenvalue weighted by atomic mass is 14.4. The van der Waals surface area contributed by atoms with Crippen molar-refractivity contribution in [2.75, 3.05) is 0 Å². The van der Waals surface area contributed by atoms with Crippen molar-refractivity contribution in [3.63, 3.8) is 0 Å². The van der Waals surface area contributed by atoms with E-state index in [9.17, 15) is 0 Å². The Kier molecular flexibility index (Phi) is 3.89. The third-order valence-electron chi connectivity index (χ3n) is 4.60. The summed E-state index contributed by atoms with van der Waals surface area (Å²) in [6.45, 7) is 2.34. The molecule has 2 saturated carbocycles. The Balaban J connectivity index is 1.76. The fourth-order valence-corrected chi connectivity index (χ4v) is 3.82. The second kappa shape index (κ2) is 5.19. The van der Waals surface area contributed by atoms with Crippen molar-refractivity contribution in [1.82, 2.24) is 0 Å². The molecule has 0 heterocycles. The first-order chi connectivity index (χ1) is 6.90. The lowest BCUT2D eigenvalue weighted by Crippen LogP contribution is -2.15. The zero-order chi connectivity index (χ0) is 9.80. The summed E-state index contributed by atoms with van der Waals surface area (Å²) in [6.07, 6.45) is 15.3. The molecule has 2 aliphatic carbocycles. The van der Waals surface area contributed by atoms with Gasteiger partial charge in [-0.05, 0) is 30.6 Å². The fraction of sp³-hybridized carbons (Fsp3) is 1.00. The Morgan fingerprint density at radius 1 is 0.857 bits per heavy atom. The van der Waals surface area contributed by atoms with Gasteiger partial charge in [-0.1, -0.05) is 58.3 Å². The molecule has 2 rings (SSSR count). The first-order valence-corrected chi connectivity index (χ1v) is 6.90. The van der Waals surface area contributed by atoms with Gasteiger partial charge in [0.05, 0.1) is 0 Å². The van der Waals surface area contributed by atoms with E-state index in [0.717, 1.165) is 17.8 Å². The molecule has 0 N–H and O–H groups in total. The summed E-state index contributed by atoms with van der Waals surface area (Å²) in [4.78, 5) is 0. The van der Waals surface area contributed by atoms with Crippen LogP contribution in [0.2, 0.25) is 0 Å². The zero-order valence-electron chi connectivity index (χ0n) is 9.80. The van der Waals surface area contributed by atoms with Crippen molar-refractivity contribution < 1.29 is 0 Å². The van der Waals surface area contributed by atoms with Gasteiger partial charge in [-0.3, -0.25) is 0 Å². The largest absolute Gasteiger partial charge is 0.0654 e. The Hall–Kier alpha value is 0. The van der Waals surface area contributed by atoms with Crippen molar-refractivity contribution in [2.45, 2.75) is 71.1 Å². The molecular weight excluding hydrogens is 168 g/mol. The third kappa shape index (κ3) is 2.52. The highest BCUT2D eigenvalue weighted by molar-refractivity contribution is 4.82. The summed E-state index contributed by atoms with van der Waals surface area (Å²) in [5, 5.41) is 0. The number of hydrogen-bond acceptors (Lipinski definition) is 0. The van der Waals surface area contributed by atoms with Crippen molar-refractivity contribution in [3.8, 4) is 0 Å². The van der Waals surface area contributed by atoms with Crippen LogP contribution >= 0.6 is 0 Å². The summed E-state index contributed by atoms with van der Waals surface area (Å²) in [6, 6.07) is 0. The molecule has 0 saturated heterocycles. The Morgan fingerprint density at radius 3 is 2.36 bits per heavy atom. The van der Waals surface area contributed by atoms with Crippen LogP contribution in [0.4, 0.5) is 0 Å². The van der Waals surface area contributed by atoms with Crippen LogP contribution in [0.1, 0.15) is 71.1 Å². The Bertz CT molecular complexity index is 155. The van der Waals surface area contributed by atoms with E-state index < -0.39 is 0 Å². The van der Waals surface area contributed by atoms with E-state index in [2.05, 4.69) is 6.92 Å². The first-order valence-electron chi connectivity index (χ1n) is 6.90. The minimum absolute atomic E-state index is 1.10. The highest BCUT2D eigenvalue weighted by Gasteiger charge is 2.30. The maximum Gasteiger partial charge on any atom is -0.0383 e. The van der Waals surface area contributed by atoms with E-state index in [-0.39, 0.29) is 0 Å². The molecule has 2 aliphatic rings. The molecule has 82 valence electrons. The molecule has 1 unspecified atom stereocenters. The summed E-state index contributed by atoms with van der Waals surface area (Å²) < 4.78 is 0. The first kappa shape index (κ1) is 10.5. The maximum absolute atomic E-state index is 2.34. The number of rotatable bonds is 3. The summed E-state index contributed by atoms with van der Waals surface area (Å²) in [5.74, 6) is 3.37. The summed E-state index contributed by atoms with van der Waals surface area (Å²) in [5.41, 5.74) is 0. The van der Waals surface area contributed by atoms with Gasteiger partial charge in [0.1, 0.15) is 0 Å². The van der Waals surface area contributed by atoms with Crippen molar-refractivity contribution in [1.29, 1.82) is 0 Å². The molecule has 0 heteroatoms. The van der Waals surface area contributed by atoms with Crippen LogP contribution in [-0.4, -0.2) is 0 Å². The second-order valence-corrected chi connectivity index (χ2v) is 5.63. The zero-order valence-corrected chi connectivity index (χ0v) is 9.80. The monoisotopic (exact) mass is 194 g/mol. The quantitative estimate of drug-likeness (QED) is 0.606. The molecule has 0 aromatic carbocycles. The van der Waals surface area contributed by atoms with Crippen LogP contribution in [0, 0.1) is 17.8 Å². The molecule has 0 amide bonds. The normalized spacial score (nSPS) is 34.9. The lowest BCUT2D eigenvalue weighted by molar-refractivity contribution is 0.245. The fourth-order valence-electron chi connectivity index (χ4n) is 3.82. The summed E-state index contributed by atoms with van der Waals surface area (Å²) >= 11 is 0. The molecule has 0 nitrogen and oxygen atoms in total. The van der Waals surface area contributed by atoms with Gasteiger partial charge in [0.25, 0.3) is 0 Å². The van der Waals surface area contributed by atoms with Crippen LogP contribution in [0.15, 0.2) is 0 Å². The molecule has 0 aromatic rings. The van der Waals surface area contributed by atoms with E-state index in [1.54, 1.807) is 32.1 Å². The predicted octanol–water partition coefficient (Wildman–Crippen LogP) is 4.78. The molecule has 14 heavy (non-hydrogen) atoms. The lowest BCUT2D eigenvalue weighted by atomic mass is 9.79. The van der Waals surface area contributed by atoms with Crippen LogP contribution in [0.5, 0.6) is 0 Å². The maximum atomic E-state index is 2.34. The average molecular weight is 194 g/mol. The SMILES string of the molecule is CCC[C@H]1CCC(C2CCCCC2)C1. The Labute approximate surface area is 89.5 Å². The minimum Gasteiger partial charge on any atom is -0.0654 e. The smallest absolute Gasteiger partial charge is 0.0383 e. The van der Waals surface area contributed by atoms with Crippen LogP contribution < -0.4 is 0 Å². The van der Waals surface area contributed by atoms with E-state index in [1.807, 2.05) is 0 Å². The standard InChI is InChI=1S/C14H26/c1-2-6-12-9-10-14(11-12)13-7-4-3-5-8-13/h12-14H,2-11H2,1H3/t12-,14?/m0/s1. The van der Waals surface area contributed by atoms with Gasteiger partial charge in [-0.2, -0.15) is 0 Å². The van der Waals surface area contributed by atoms with Crippen molar-refractivity contribution in [2.24, 2.45) is 17.8 Å². The number of hydrogen-bond donors (Lipinski definition) is 0. The molecule has 0 bridgehead atoms. The molecule has 0 aliphatic heterocycles. The van der Waals surface area contributed by atoms with Gasteiger partial charge < -0.3 is 0 Å². The molecule has 0 aromatic heterocycles. The van der Waals surface area contributed by atoms with Crippen LogP contribution in [0.3, 0.4) is 0 Å². The van der Waals surface area contributed by atoms with Gasteiger partial charge in [-0.15, -0.1) is 0 Å². The van der Waals surface area contributed by atoms with E-state index in [4.69, 9.17) is 0 Å².